The van der Waals surface area contributed by atoms with Gasteiger partial charge >= 0.3 is 6.18 Å². The number of rotatable bonds is 3. The van der Waals surface area contributed by atoms with Crippen LogP contribution in [0.15, 0.2) is 18.5 Å². The molecule has 3 nitrogen and oxygen atoms in total. The second-order valence-corrected chi connectivity index (χ2v) is 4.33. The van der Waals surface area contributed by atoms with Gasteiger partial charge in [0.2, 0.25) is 0 Å². The summed E-state index contributed by atoms with van der Waals surface area (Å²) in [4.78, 5) is 8.08. The molecule has 1 atom stereocenters. The van der Waals surface area contributed by atoms with Gasteiger partial charge in [-0.1, -0.05) is 0 Å². The topological polar surface area (TPSA) is 30.7 Å². The quantitative estimate of drug-likeness (QED) is 0.801. The fraction of sp³-hybridized carbons (Fsp3) is 0.455. The van der Waals surface area contributed by atoms with E-state index in [2.05, 4.69) is 9.97 Å². The lowest BCUT2D eigenvalue weighted by Gasteiger charge is -2.18. The van der Waals surface area contributed by atoms with E-state index in [1.807, 2.05) is 0 Å². The van der Waals surface area contributed by atoms with Gasteiger partial charge in [0.05, 0.1) is 24.0 Å². The zero-order chi connectivity index (χ0) is 13.3. The highest BCUT2D eigenvalue weighted by Crippen LogP contribution is 2.31. The molecular formula is C11H11ClF3N3. The monoisotopic (exact) mass is 277 g/mol. The van der Waals surface area contributed by atoms with Gasteiger partial charge in [0.1, 0.15) is 11.3 Å². The van der Waals surface area contributed by atoms with Crippen LogP contribution in [0, 0.1) is 0 Å². The Bertz CT molecular complexity index is 550. The Morgan fingerprint density at radius 1 is 1.44 bits per heavy atom. The fourth-order valence-corrected chi connectivity index (χ4v) is 2.20. The molecule has 0 amide bonds. The number of fused-ring (bicyclic) bond motifs is 1. The van der Waals surface area contributed by atoms with E-state index in [0.29, 0.717) is 16.9 Å². The van der Waals surface area contributed by atoms with Gasteiger partial charge in [-0.25, -0.2) is 4.98 Å². The lowest BCUT2D eigenvalue weighted by molar-refractivity contribution is -0.141. The van der Waals surface area contributed by atoms with Crippen molar-refractivity contribution in [1.82, 2.24) is 14.5 Å². The van der Waals surface area contributed by atoms with Gasteiger partial charge < -0.3 is 4.57 Å². The molecule has 2 rings (SSSR count). The first-order chi connectivity index (χ1) is 8.42. The van der Waals surface area contributed by atoms with E-state index < -0.39 is 18.6 Å². The molecule has 0 saturated carbocycles. The standard InChI is InChI=1S/C11H11ClF3N3/c1-7(4-11(13,14)15)18-9-2-3-16-6-8(9)17-10(18)5-12/h2-3,6-7H,4-5H2,1H3. The minimum Gasteiger partial charge on any atom is -0.324 e. The third kappa shape index (κ3) is 2.58. The first-order valence-corrected chi connectivity index (χ1v) is 5.89. The van der Waals surface area contributed by atoms with Crippen LogP contribution in [-0.4, -0.2) is 20.7 Å². The highest BCUT2D eigenvalue weighted by Gasteiger charge is 2.32. The molecule has 0 bridgehead atoms. The molecule has 2 heterocycles. The second kappa shape index (κ2) is 4.76. The lowest BCUT2D eigenvalue weighted by atomic mass is 10.2. The number of halogens is 4. The minimum atomic E-state index is -4.22. The summed E-state index contributed by atoms with van der Waals surface area (Å²) in [5, 5.41) is 0. The van der Waals surface area contributed by atoms with Crippen LogP contribution in [0.5, 0.6) is 0 Å². The van der Waals surface area contributed by atoms with Gasteiger partial charge in [-0.05, 0) is 13.0 Å². The van der Waals surface area contributed by atoms with Gasteiger partial charge in [0.15, 0.2) is 0 Å². The van der Waals surface area contributed by atoms with Crippen molar-refractivity contribution in [1.29, 1.82) is 0 Å². The Hall–Kier alpha value is -1.30. The molecule has 1 unspecified atom stereocenters. The number of aromatic nitrogens is 3. The molecule has 0 aliphatic heterocycles. The lowest BCUT2D eigenvalue weighted by Crippen LogP contribution is -2.17. The minimum absolute atomic E-state index is 0.0663. The van der Waals surface area contributed by atoms with Crippen LogP contribution in [0.3, 0.4) is 0 Å². The summed E-state index contributed by atoms with van der Waals surface area (Å²) in [5.41, 5.74) is 1.18. The zero-order valence-corrected chi connectivity index (χ0v) is 10.3. The Kier molecular flexibility index (Phi) is 3.47. The molecule has 18 heavy (non-hydrogen) atoms. The maximum atomic E-state index is 12.5. The molecular weight excluding hydrogens is 267 g/mol. The van der Waals surface area contributed by atoms with E-state index in [0.717, 1.165) is 0 Å². The summed E-state index contributed by atoms with van der Waals surface area (Å²) in [5.74, 6) is 0.494. The van der Waals surface area contributed by atoms with E-state index >= 15 is 0 Å². The molecule has 0 saturated heterocycles. The van der Waals surface area contributed by atoms with Gasteiger partial charge in [0, 0.05) is 12.2 Å². The van der Waals surface area contributed by atoms with Crippen LogP contribution in [0.2, 0.25) is 0 Å². The molecule has 0 aliphatic carbocycles. The smallest absolute Gasteiger partial charge is 0.324 e. The van der Waals surface area contributed by atoms with Crippen molar-refractivity contribution in [2.45, 2.75) is 31.4 Å². The van der Waals surface area contributed by atoms with Crippen LogP contribution in [0.25, 0.3) is 11.0 Å². The zero-order valence-electron chi connectivity index (χ0n) is 9.58. The molecule has 0 spiro atoms. The van der Waals surface area contributed by atoms with Crippen molar-refractivity contribution >= 4 is 22.6 Å². The average molecular weight is 278 g/mol. The van der Waals surface area contributed by atoms with Crippen molar-refractivity contribution in [3.63, 3.8) is 0 Å². The van der Waals surface area contributed by atoms with E-state index in [4.69, 9.17) is 11.6 Å². The molecule has 0 N–H and O–H groups in total. The first-order valence-electron chi connectivity index (χ1n) is 5.36. The Balaban J connectivity index is 2.48. The van der Waals surface area contributed by atoms with Crippen LogP contribution in [0.4, 0.5) is 13.2 Å². The average Bonchev–Trinajstić information content (AvgIpc) is 2.64. The normalized spacial score (nSPS) is 14.1. The highest BCUT2D eigenvalue weighted by molar-refractivity contribution is 6.16. The van der Waals surface area contributed by atoms with Crippen LogP contribution in [-0.2, 0) is 5.88 Å². The van der Waals surface area contributed by atoms with Crippen molar-refractivity contribution in [2.75, 3.05) is 0 Å². The number of hydrogen-bond acceptors (Lipinski definition) is 2. The number of pyridine rings is 1. The van der Waals surface area contributed by atoms with E-state index in [1.54, 1.807) is 6.07 Å². The number of imidazole rings is 1. The summed E-state index contributed by atoms with van der Waals surface area (Å²) < 4.78 is 38.9. The van der Waals surface area contributed by atoms with Gasteiger partial charge in [0.25, 0.3) is 0 Å². The van der Waals surface area contributed by atoms with Crippen molar-refractivity contribution in [3.05, 3.63) is 24.3 Å². The summed E-state index contributed by atoms with van der Waals surface area (Å²) in [6, 6.07) is 0.900. The van der Waals surface area contributed by atoms with Gasteiger partial charge in [-0.15, -0.1) is 11.6 Å². The van der Waals surface area contributed by atoms with Crippen molar-refractivity contribution in [3.8, 4) is 0 Å². The Labute approximate surface area is 107 Å². The highest BCUT2D eigenvalue weighted by atomic mass is 35.5. The predicted molar refractivity (Wildman–Crippen MR) is 62.5 cm³/mol. The molecule has 2 aromatic rings. The van der Waals surface area contributed by atoms with E-state index in [-0.39, 0.29) is 5.88 Å². The molecule has 2 aromatic heterocycles. The number of hydrogen-bond donors (Lipinski definition) is 0. The second-order valence-electron chi connectivity index (χ2n) is 4.06. The SMILES string of the molecule is CC(CC(F)(F)F)n1c(CCl)nc2cnccc21. The molecule has 0 aromatic carbocycles. The maximum Gasteiger partial charge on any atom is 0.391 e. The van der Waals surface area contributed by atoms with Crippen LogP contribution in [0.1, 0.15) is 25.2 Å². The van der Waals surface area contributed by atoms with E-state index in [9.17, 15) is 13.2 Å². The fourth-order valence-electron chi connectivity index (χ4n) is 2.01. The number of nitrogens with zero attached hydrogens (tertiary/aromatic N) is 3. The molecule has 98 valence electrons. The third-order valence-corrected chi connectivity index (χ3v) is 2.89. The number of alkyl halides is 4. The van der Waals surface area contributed by atoms with Gasteiger partial charge in [-0.2, -0.15) is 13.2 Å². The van der Waals surface area contributed by atoms with E-state index in [1.165, 1.54) is 23.9 Å². The van der Waals surface area contributed by atoms with Gasteiger partial charge in [-0.3, -0.25) is 4.98 Å². The predicted octanol–water partition coefficient (Wildman–Crippen LogP) is 3.68. The van der Waals surface area contributed by atoms with Crippen LogP contribution >= 0.6 is 11.6 Å². The molecule has 7 heteroatoms. The first kappa shape index (κ1) is 13.1. The molecule has 0 fully saturated rings. The summed E-state index contributed by atoms with van der Waals surface area (Å²) in [6.45, 7) is 1.51. The van der Waals surface area contributed by atoms with Crippen LogP contribution < -0.4 is 0 Å². The largest absolute Gasteiger partial charge is 0.391 e. The Morgan fingerprint density at radius 2 is 2.17 bits per heavy atom. The maximum absolute atomic E-state index is 12.5. The molecule has 0 radical (unpaired) electrons. The van der Waals surface area contributed by atoms with Crippen molar-refractivity contribution in [2.24, 2.45) is 0 Å². The third-order valence-electron chi connectivity index (χ3n) is 2.65. The summed E-state index contributed by atoms with van der Waals surface area (Å²) >= 11 is 5.73. The summed E-state index contributed by atoms with van der Waals surface area (Å²) in [7, 11) is 0. The van der Waals surface area contributed by atoms with Crippen molar-refractivity contribution < 1.29 is 13.2 Å². The Morgan fingerprint density at radius 3 is 2.78 bits per heavy atom. The molecule has 0 aliphatic rings. The summed E-state index contributed by atoms with van der Waals surface area (Å²) in [6.07, 6.45) is -2.09.